The summed E-state index contributed by atoms with van der Waals surface area (Å²) in [5.41, 5.74) is 3.32. The third-order valence-corrected chi connectivity index (χ3v) is 4.87. The SMILES string of the molecule is Cn1cc(N2CCNCC2)ccc1=N/C(=C\C=O)c1ccc2c(c1)OCCO2. The maximum atomic E-state index is 11.2. The number of rotatable bonds is 4. The molecule has 0 unspecified atom stereocenters. The van der Waals surface area contributed by atoms with E-state index in [1.807, 2.05) is 35.9 Å². The topological polar surface area (TPSA) is 68.1 Å². The number of aromatic nitrogens is 1. The number of ether oxygens (including phenoxy) is 2. The zero-order valence-corrected chi connectivity index (χ0v) is 15.9. The van der Waals surface area contributed by atoms with E-state index in [1.54, 1.807) is 0 Å². The van der Waals surface area contributed by atoms with Crippen molar-refractivity contribution >= 4 is 17.7 Å². The summed E-state index contributed by atoms with van der Waals surface area (Å²) in [6, 6.07) is 9.66. The smallest absolute Gasteiger partial charge is 0.162 e. The van der Waals surface area contributed by atoms with Gasteiger partial charge in [0.1, 0.15) is 25.0 Å². The Morgan fingerprint density at radius 3 is 2.64 bits per heavy atom. The minimum Gasteiger partial charge on any atom is -0.486 e. The molecule has 1 aromatic carbocycles. The van der Waals surface area contributed by atoms with Crippen molar-refractivity contribution in [1.29, 1.82) is 0 Å². The number of nitrogens with zero attached hydrogens (tertiary/aromatic N) is 3. The molecule has 2 aromatic rings. The van der Waals surface area contributed by atoms with Crippen LogP contribution in [0.25, 0.3) is 5.70 Å². The molecule has 146 valence electrons. The van der Waals surface area contributed by atoms with Gasteiger partial charge in [-0.25, -0.2) is 4.99 Å². The van der Waals surface area contributed by atoms with E-state index < -0.39 is 0 Å². The van der Waals surface area contributed by atoms with Crippen LogP contribution in [0.15, 0.2) is 47.6 Å². The maximum absolute atomic E-state index is 11.2. The predicted octanol–water partition coefficient (Wildman–Crippen LogP) is 1.35. The first-order chi connectivity index (χ1) is 13.7. The number of pyridine rings is 1. The number of hydrogen-bond acceptors (Lipinski definition) is 6. The van der Waals surface area contributed by atoms with E-state index in [0.717, 1.165) is 43.5 Å². The van der Waals surface area contributed by atoms with Crippen molar-refractivity contribution in [3.05, 3.63) is 53.7 Å². The van der Waals surface area contributed by atoms with Crippen LogP contribution in [0.3, 0.4) is 0 Å². The number of hydrogen-bond donors (Lipinski definition) is 1. The Bertz CT molecular complexity index is 958. The van der Waals surface area contributed by atoms with Crippen molar-refractivity contribution in [2.24, 2.45) is 12.0 Å². The molecule has 1 N–H and O–H groups in total. The molecule has 0 saturated carbocycles. The van der Waals surface area contributed by atoms with E-state index in [2.05, 4.69) is 22.5 Å². The highest BCUT2D eigenvalue weighted by Gasteiger charge is 2.14. The molecule has 2 aliphatic heterocycles. The Morgan fingerprint density at radius 2 is 1.89 bits per heavy atom. The summed E-state index contributed by atoms with van der Waals surface area (Å²) in [5.74, 6) is 1.39. The second-order valence-corrected chi connectivity index (χ2v) is 6.75. The average Bonchev–Trinajstić information content (AvgIpc) is 2.75. The largest absolute Gasteiger partial charge is 0.486 e. The van der Waals surface area contributed by atoms with E-state index in [0.29, 0.717) is 30.4 Å². The second-order valence-electron chi connectivity index (χ2n) is 6.75. The average molecular weight is 380 g/mol. The van der Waals surface area contributed by atoms with Crippen molar-refractivity contribution in [2.45, 2.75) is 0 Å². The summed E-state index contributed by atoms with van der Waals surface area (Å²) >= 11 is 0. The van der Waals surface area contributed by atoms with Gasteiger partial charge in [0.25, 0.3) is 0 Å². The fourth-order valence-electron chi connectivity index (χ4n) is 3.40. The van der Waals surface area contributed by atoms with Gasteiger partial charge in [-0.1, -0.05) is 0 Å². The lowest BCUT2D eigenvalue weighted by Crippen LogP contribution is -2.43. The number of aryl methyl sites for hydroxylation is 1. The standard InChI is InChI=1S/C21H24N4O3/c1-24-15-17(25-9-7-22-8-10-25)3-5-21(24)23-18(6-11-26)16-2-4-19-20(14-16)28-13-12-27-19/h2-6,11,14-15,22H,7-10,12-13H2,1H3/b18-6-,23-21?. The van der Waals surface area contributed by atoms with Crippen LogP contribution in [0.5, 0.6) is 11.5 Å². The number of carbonyl (C=O) groups is 1. The Labute approximate surface area is 163 Å². The quantitative estimate of drug-likeness (QED) is 0.641. The summed E-state index contributed by atoms with van der Waals surface area (Å²) in [6.07, 6.45) is 4.30. The highest BCUT2D eigenvalue weighted by molar-refractivity contribution is 5.81. The molecule has 0 bridgehead atoms. The first kappa shape index (κ1) is 18.3. The lowest BCUT2D eigenvalue weighted by Gasteiger charge is -2.29. The molecule has 0 spiro atoms. The van der Waals surface area contributed by atoms with E-state index in [4.69, 9.17) is 14.5 Å². The minimum absolute atomic E-state index is 0.517. The number of carbonyl (C=O) groups excluding carboxylic acids is 1. The van der Waals surface area contributed by atoms with E-state index in [-0.39, 0.29) is 0 Å². The van der Waals surface area contributed by atoms with Gasteiger partial charge in [-0.15, -0.1) is 0 Å². The van der Waals surface area contributed by atoms with Crippen LogP contribution >= 0.6 is 0 Å². The number of anilines is 1. The number of aldehydes is 1. The molecule has 7 nitrogen and oxygen atoms in total. The first-order valence-electron chi connectivity index (χ1n) is 9.47. The van der Waals surface area contributed by atoms with Gasteiger partial charge in [0.05, 0.1) is 11.4 Å². The van der Waals surface area contributed by atoms with Gasteiger partial charge in [0.2, 0.25) is 0 Å². The third kappa shape index (κ3) is 3.94. The number of nitrogens with one attached hydrogen (secondary N) is 1. The number of piperazine rings is 1. The zero-order valence-electron chi connectivity index (χ0n) is 15.9. The summed E-state index contributed by atoms with van der Waals surface area (Å²) in [6.45, 7) is 5.03. The van der Waals surface area contributed by atoms with Crippen molar-refractivity contribution in [3.8, 4) is 11.5 Å². The van der Waals surface area contributed by atoms with Gasteiger partial charge >= 0.3 is 0 Å². The molecular weight excluding hydrogens is 356 g/mol. The molecule has 1 aromatic heterocycles. The maximum Gasteiger partial charge on any atom is 0.162 e. The summed E-state index contributed by atoms with van der Waals surface area (Å²) in [4.78, 5) is 18.3. The van der Waals surface area contributed by atoms with Crippen molar-refractivity contribution in [1.82, 2.24) is 9.88 Å². The molecule has 7 heteroatoms. The molecule has 0 atom stereocenters. The van der Waals surface area contributed by atoms with Crippen LogP contribution in [0.4, 0.5) is 5.69 Å². The van der Waals surface area contributed by atoms with Gasteiger partial charge < -0.3 is 24.3 Å². The molecule has 1 fully saturated rings. The Balaban J connectivity index is 1.66. The Morgan fingerprint density at radius 1 is 1.11 bits per heavy atom. The number of fused-ring (bicyclic) bond motifs is 1. The Hall–Kier alpha value is -3.06. The summed E-state index contributed by atoms with van der Waals surface area (Å²) in [7, 11) is 1.97. The summed E-state index contributed by atoms with van der Waals surface area (Å²) < 4.78 is 13.2. The van der Waals surface area contributed by atoms with E-state index in [1.165, 1.54) is 11.8 Å². The van der Waals surface area contributed by atoms with Crippen LogP contribution in [-0.2, 0) is 11.8 Å². The highest BCUT2D eigenvalue weighted by atomic mass is 16.6. The zero-order chi connectivity index (χ0) is 19.3. The molecule has 4 rings (SSSR count). The highest BCUT2D eigenvalue weighted by Crippen LogP contribution is 2.33. The molecule has 1 saturated heterocycles. The minimum atomic E-state index is 0.517. The van der Waals surface area contributed by atoms with Crippen LogP contribution in [0.2, 0.25) is 0 Å². The van der Waals surface area contributed by atoms with E-state index in [9.17, 15) is 4.79 Å². The van der Waals surface area contributed by atoms with Crippen LogP contribution in [0, 0.1) is 0 Å². The van der Waals surface area contributed by atoms with Gasteiger partial charge in [0.15, 0.2) is 11.5 Å². The molecule has 3 heterocycles. The molecule has 0 radical (unpaired) electrons. The van der Waals surface area contributed by atoms with E-state index >= 15 is 0 Å². The Kier molecular flexibility index (Phi) is 5.43. The van der Waals surface area contributed by atoms with Crippen LogP contribution < -0.4 is 25.2 Å². The van der Waals surface area contributed by atoms with Crippen molar-refractivity contribution < 1.29 is 14.3 Å². The molecule has 2 aliphatic rings. The van der Waals surface area contributed by atoms with Gasteiger partial charge in [0, 0.05) is 51.1 Å². The lowest BCUT2D eigenvalue weighted by atomic mass is 10.1. The normalized spacial score (nSPS) is 17.5. The molecule has 0 aliphatic carbocycles. The first-order valence-corrected chi connectivity index (χ1v) is 9.47. The lowest BCUT2D eigenvalue weighted by molar-refractivity contribution is -0.104. The molecule has 0 amide bonds. The fraction of sp³-hybridized carbons (Fsp3) is 0.333. The van der Waals surface area contributed by atoms with Crippen LogP contribution in [-0.4, -0.2) is 50.2 Å². The summed E-state index contributed by atoms with van der Waals surface area (Å²) in [5, 5.41) is 3.36. The molecule has 28 heavy (non-hydrogen) atoms. The second kappa shape index (κ2) is 8.31. The van der Waals surface area contributed by atoms with Crippen molar-refractivity contribution in [3.63, 3.8) is 0 Å². The predicted molar refractivity (Wildman–Crippen MR) is 108 cm³/mol. The number of allylic oxidation sites excluding steroid dienone is 1. The van der Waals surface area contributed by atoms with Crippen LogP contribution in [0.1, 0.15) is 5.56 Å². The van der Waals surface area contributed by atoms with Gasteiger partial charge in [-0.05, 0) is 30.3 Å². The third-order valence-electron chi connectivity index (χ3n) is 4.87. The molecular formula is C21H24N4O3. The monoisotopic (exact) mass is 380 g/mol. The van der Waals surface area contributed by atoms with Gasteiger partial charge in [-0.3, -0.25) is 4.79 Å². The number of benzene rings is 1. The fourth-order valence-corrected chi connectivity index (χ4v) is 3.40. The van der Waals surface area contributed by atoms with Gasteiger partial charge in [-0.2, -0.15) is 0 Å². The van der Waals surface area contributed by atoms with Crippen molar-refractivity contribution in [2.75, 3.05) is 44.3 Å².